The van der Waals surface area contributed by atoms with E-state index in [0.29, 0.717) is 18.6 Å². The first kappa shape index (κ1) is 20.6. The molecule has 158 valence electrons. The molecule has 0 spiro atoms. The van der Waals surface area contributed by atoms with Crippen molar-refractivity contribution in [2.24, 2.45) is 0 Å². The lowest BCUT2D eigenvalue weighted by Gasteiger charge is -2.26. The molecule has 3 aromatic carbocycles. The normalized spacial score (nSPS) is 15.9. The highest BCUT2D eigenvalue weighted by atomic mass is 32.2. The Bertz CT molecular complexity index is 1290. The number of ether oxygens (including phenoxy) is 1. The van der Waals surface area contributed by atoms with Gasteiger partial charge in [-0.2, -0.15) is 4.31 Å². The van der Waals surface area contributed by atoms with E-state index in [1.807, 2.05) is 0 Å². The second-order valence-corrected chi connectivity index (χ2v) is 10.3. The summed E-state index contributed by atoms with van der Waals surface area (Å²) in [4.78, 5) is -0.127. The Kier molecular flexibility index (Phi) is 5.41. The molecular formula is C20H20N2O6S2. The molecule has 0 unspecified atom stereocenters. The third-order valence-electron chi connectivity index (χ3n) is 4.88. The van der Waals surface area contributed by atoms with E-state index in [2.05, 4.69) is 4.72 Å². The quantitative estimate of drug-likeness (QED) is 0.620. The van der Waals surface area contributed by atoms with Gasteiger partial charge < -0.3 is 9.84 Å². The molecule has 0 atom stereocenters. The zero-order valence-corrected chi connectivity index (χ0v) is 17.5. The van der Waals surface area contributed by atoms with E-state index in [4.69, 9.17) is 4.74 Å². The lowest BCUT2D eigenvalue weighted by Crippen LogP contribution is -2.40. The van der Waals surface area contributed by atoms with E-state index in [1.165, 1.54) is 28.6 Å². The first-order valence-corrected chi connectivity index (χ1v) is 12.1. The van der Waals surface area contributed by atoms with Crippen molar-refractivity contribution >= 4 is 36.5 Å². The summed E-state index contributed by atoms with van der Waals surface area (Å²) in [6, 6.07) is 15.3. The summed E-state index contributed by atoms with van der Waals surface area (Å²) in [5.41, 5.74) is 0.238. The van der Waals surface area contributed by atoms with Gasteiger partial charge in [0.05, 0.1) is 23.8 Å². The largest absolute Gasteiger partial charge is 0.506 e. The van der Waals surface area contributed by atoms with E-state index in [9.17, 15) is 21.9 Å². The summed E-state index contributed by atoms with van der Waals surface area (Å²) in [5.74, 6) is -0.417. The van der Waals surface area contributed by atoms with Crippen LogP contribution in [0.25, 0.3) is 10.8 Å². The van der Waals surface area contributed by atoms with Crippen LogP contribution in [0.3, 0.4) is 0 Å². The van der Waals surface area contributed by atoms with Crippen molar-refractivity contribution in [3.8, 4) is 5.75 Å². The fourth-order valence-electron chi connectivity index (χ4n) is 3.35. The SMILES string of the molecule is O=S(=O)(Nc1cccc2c(O)c(S(=O)(=O)N3CCOCC3)ccc12)c1ccccc1. The second-order valence-electron chi connectivity index (χ2n) is 6.75. The Hall–Kier alpha value is -2.66. The van der Waals surface area contributed by atoms with E-state index < -0.39 is 25.8 Å². The number of hydrogen-bond acceptors (Lipinski definition) is 6. The molecule has 1 heterocycles. The monoisotopic (exact) mass is 448 g/mol. The topological polar surface area (TPSA) is 113 Å². The maximum Gasteiger partial charge on any atom is 0.261 e. The standard InChI is InChI=1S/C20H20N2O6S2/c23-20-17-7-4-8-18(21-29(24,25)15-5-2-1-3-6-15)16(17)9-10-19(20)30(26,27)22-11-13-28-14-12-22/h1-10,21,23H,11-14H2. The third-order valence-corrected chi connectivity index (χ3v) is 8.19. The molecule has 4 rings (SSSR count). The van der Waals surface area contributed by atoms with Gasteiger partial charge in [-0.15, -0.1) is 0 Å². The molecule has 3 aromatic rings. The molecule has 1 fully saturated rings. The highest BCUT2D eigenvalue weighted by Crippen LogP contribution is 2.37. The van der Waals surface area contributed by atoms with Crippen molar-refractivity contribution in [2.75, 3.05) is 31.0 Å². The van der Waals surface area contributed by atoms with Crippen LogP contribution < -0.4 is 4.72 Å². The fourth-order valence-corrected chi connectivity index (χ4v) is 5.95. The molecule has 0 saturated carbocycles. The molecule has 0 bridgehead atoms. The van der Waals surface area contributed by atoms with Crippen molar-refractivity contribution in [1.82, 2.24) is 4.31 Å². The highest BCUT2D eigenvalue weighted by Gasteiger charge is 2.30. The fraction of sp³-hybridized carbons (Fsp3) is 0.200. The maximum atomic E-state index is 12.9. The minimum absolute atomic E-state index is 0.0951. The molecule has 30 heavy (non-hydrogen) atoms. The van der Waals surface area contributed by atoms with Crippen LogP contribution in [0.1, 0.15) is 0 Å². The van der Waals surface area contributed by atoms with Crippen LogP contribution in [0, 0.1) is 0 Å². The van der Waals surface area contributed by atoms with E-state index in [0.717, 1.165) is 0 Å². The Balaban J connectivity index is 1.76. The summed E-state index contributed by atoms with van der Waals surface area (Å²) < 4.78 is 60.2. The first-order chi connectivity index (χ1) is 14.3. The van der Waals surface area contributed by atoms with Gasteiger partial charge in [0.2, 0.25) is 10.0 Å². The summed E-state index contributed by atoms with van der Waals surface area (Å²) in [6.07, 6.45) is 0. The number of sulfonamides is 2. The number of benzene rings is 3. The van der Waals surface area contributed by atoms with E-state index in [-0.39, 0.29) is 34.0 Å². The van der Waals surface area contributed by atoms with Gasteiger partial charge in [0.15, 0.2) is 0 Å². The minimum Gasteiger partial charge on any atom is -0.506 e. The Morgan fingerprint density at radius 1 is 0.833 bits per heavy atom. The molecule has 10 heteroatoms. The molecule has 1 aliphatic rings. The minimum atomic E-state index is -3.91. The number of rotatable bonds is 5. The van der Waals surface area contributed by atoms with E-state index in [1.54, 1.807) is 36.4 Å². The average molecular weight is 449 g/mol. The number of anilines is 1. The van der Waals surface area contributed by atoms with Crippen molar-refractivity contribution in [1.29, 1.82) is 0 Å². The number of hydrogen-bond donors (Lipinski definition) is 2. The van der Waals surface area contributed by atoms with Crippen LogP contribution in [0.2, 0.25) is 0 Å². The lowest BCUT2D eigenvalue weighted by molar-refractivity contribution is 0.0730. The van der Waals surface area contributed by atoms with Crippen LogP contribution in [0.4, 0.5) is 5.69 Å². The average Bonchev–Trinajstić information content (AvgIpc) is 2.75. The predicted octanol–water partition coefficient (Wildman–Crippen LogP) is 2.37. The van der Waals surface area contributed by atoms with Crippen LogP contribution in [0.5, 0.6) is 5.75 Å². The van der Waals surface area contributed by atoms with Crippen LogP contribution in [0.15, 0.2) is 70.5 Å². The molecule has 8 nitrogen and oxygen atoms in total. The molecule has 0 aromatic heterocycles. The summed E-state index contributed by atoms with van der Waals surface area (Å²) >= 11 is 0. The van der Waals surface area contributed by atoms with Gasteiger partial charge in [0.25, 0.3) is 10.0 Å². The van der Waals surface area contributed by atoms with Crippen molar-refractivity contribution in [2.45, 2.75) is 9.79 Å². The van der Waals surface area contributed by atoms with Crippen LogP contribution in [-0.2, 0) is 24.8 Å². The van der Waals surface area contributed by atoms with Crippen molar-refractivity contribution < 1.29 is 26.7 Å². The van der Waals surface area contributed by atoms with Gasteiger partial charge >= 0.3 is 0 Å². The summed E-state index contributed by atoms with van der Waals surface area (Å²) in [5, 5.41) is 11.4. The zero-order valence-electron chi connectivity index (χ0n) is 15.9. The lowest BCUT2D eigenvalue weighted by atomic mass is 10.1. The van der Waals surface area contributed by atoms with E-state index >= 15 is 0 Å². The number of nitrogens with one attached hydrogen (secondary N) is 1. The molecule has 1 saturated heterocycles. The number of phenolic OH excluding ortho intramolecular Hbond substituents is 1. The van der Waals surface area contributed by atoms with Crippen molar-refractivity contribution in [3.05, 3.63) is 60.7 Å². The molecular weight excluding hydrogens is 428 g/mol. The number of nitrogens with zero attached hydrogens (tertiary/aromatic N) is 1. The number of phenols is 1. The number of aromatic hydroxyl groups is 1. The smallest absolute Gasteiger partial charge is 0.261 e. The first-order valence-electron chi connectivity index (χ1n) is 9.21. The van der Waals surface area contributed by atoms with Gasteiger partial charge in [-0.25, -0.2) is 16.8 Å². The van der Waals surface area contributed by atoms with Gasteiger partial charge in [-0.3, -0.25) is 4.72 Å². The molecule has 0 radical (unpaired) electrons. The predicted molar refractivity (Wildman–Crippen MR) is 112 cm³/mol. The Labute approximate surface area is 174 Å². The Morgan fingerprint density at radius 3 is 2.23 bits per heavy atom. The molecule has 0 aliphatic carbocycles. The third kappa shape index (κ3) is 3.74. The van der Waals surface area contributed by atoms with Gasteiger partial charge in [-0.05, 0) is 24.3 Å². The second kappa shape index (κ2) is 7.88. The van der Waals surface area contributed by atoms with Gasteiger partial charge in [0.1, 0.15) is 10.6 Å². The maximum absolute atomic E-state index is 12.9. The van der Waals surface area contributed by atoms with Crippen LogP contribution in [-0.4, -0.2) is 52.6 Å². The highest BCUT2D eigenvalue weighted by molar-refractivity contribution is 7.92. The summed E-state index contributed by atoms with van der Waals surface area (Å²) in [6.45, 7) is 0.991. The van der Waals surface area contributed by atoms with Crippen molar-refractivity contribution in [3.63, 3.8) is 0 Å². The zero-order chi connectivity index (χ0) is 21.4. The Morgan fingerprint density at radius 2 is 1.53 bits per heavy atom. The van der Waals surface area contributed by atoms with Gasteiger partial charge in [-0.1, -0.05) is 36.4 Å². The number of morpholine rings is 1. The molecule has 0 amide bonds. The summed E-state index contributed by atoms with van der Waals surface area (Å²) in [7, 11) is -7.76. The number of fused-ring (bicyclic) bond motifs is 1. The molecule has 1 aliphatic heterocycles. The van der Waals surface area contributed by atoms with Crippen LogP contribution >= 0.6 is 0 Å². The van der Waals surface area contributed by atoms with Gasteiger partial charge in [0, 0.05) is 23.9 Å². The molecule has 2 N–H and O–H groups in total.